The highest BCUT2D eigenvalue weighted by molar-refractivity contribution is 7.92. The molecule has 0 bridgehead atoms. The van der Waals surface area contributed by atoms with E-state index >= 15 is 0 Å². The van der Waals surface area contributed by atoms with Gasteiger partial charge in [-0.3, -0.25) is 13.9 Å². The molecule has 4 aromatic carbocycles. The van der Waals surface area contributed by atoms with Crippen molar-refractivity contribution in [3.63, 3.8) is 0 Å². The second-order valence-electron chi connectivity index (χ2n) is 9.69. The summed E-state index contributed by atoms with van der Waals surface area (Å²) in [5.41, 5.74) is 2.65. The van der Waals surface area contributed by atoms with Gasteiger partial charge in [-0.25, -0.2) is 8.42 Å². The van der Waals surface area contributed by atoms with Gasteiger partial charge < -0.3 is 10.2 Å². The zero-order valence-corrected chi connectivity index (χ0v) is 25.5. The summed E-state index contributed by atoms with van der Waals surface area (Å²) in [5, 5.41) is 3.03. The number of hydrogen-bond donors (Lipinski definition) is 1. The largest absolute Gasteiger partial charge is 0.357 e. The number of hydrogen-bond acceptors (Lipinski definition) is 4. The van der Waals surface area contributed by atoms with Gasteiger partial charge >= 0.3 is 0 Å². The smallest absolute Gasteiger partial charge is 0.264 e. The minimum atomic E-state index is -4.27. The van der Waals surface area contributed by atoms with Crippen LogP contribution in [0, 0.1) is 6.92 Å². The summed E-state index contributed by atoms with van der Waals surface area (Å²) >= 11 is 12.7. The fourth-order valence-corrected chi connectivity index (χ4v) is 6.48. The monoisotopic (exact) mass is 623 g/mol. The van der Waals surface area contributed by atoms with Crippen molar-refractivity contribution in [2.45, 2.75) is 30.8 Å². The van der Waals surface area contributed by atoms with E-state index < -0.39 is 28.5 Å². The summed E-state index contributed by atoms with van der Waals surface area (Å²) in [4.78, 5) is 29.1. The molecule has 218 valence electrons. The topological polar surface area (TPSA) is 86.8 Å². The van der Waals surface area contributed by atoms with Crippen molar-refractivity contribution in [2.75, 3.05) is 17.9 Å². The van der Waals surface area contributed by atoms with Gasteiger partial charge in [-0.15, -0.1) is 0 Å². The summed E-state index contributed by atoms with van der Waals surface area (Å²) in [6.45, 7) is 1.38. The number of nitrogens with zero attached hydrogens (tertiary/aromatic N) is 2. The van der Waals surface area contributed by atoms with Gasteiger partial charge in [-0.05, 0) is 53.9 Å². The average molecular weight is 625 g/mol. The number of carbonyl (C=O) groups excluding carboxylic acids is 2. The number of halogens is 2. The van der Waals surface area contributed by atoms with Crippen molar-refractivity contribution >= 4 is 50.7 Å². The van der Waals surface area contributed by atoms with E-state index in [1.165, 1.54) is 42.3 Å². The lowest BCUT2D eigenvalue weighted by atomic mass is 10.0. The number of likely N-dealkylation sites (N-methyl/N-ethyl adjacent to an activating group) is 1. The first kappa shape index (κ1) is 31.1. The maximum Gasteiger partial charge on any atom is 0.264 e. The lowest BCUT2D eigenvalue weighted by molar-refractivity contribution is -0.139. The first-order valence-corrected chi connectivity index (χ1v) is 15.4. The predicted octanol–water partition coefficient (Wildman–Crippen LogP) is 5.88. The average Bonchev–Trinajstić information content (AvgIpc) is 3.00. The number of nitrogens with one attached hydrogen (secondary N) is 1. The lowest BCUT2D eigenvalue weighted by Gasteiger charge is -2.34. The van der Waals surface area contributed by atoms with Crippen LogP contribution in [0.2, 0.25) is 10.0 Å². The molecule has 0 radical (unpaired) electrons. The number of rotatable bonds is 11. The number of amides is 2. The van der Waals surface area contributed by atoms with Crippen molar-refractivity contribution in [1.82, 2.24) is 10.2 Å². The molecule has 0 heterocycles. The molecular formula is C32H31Cl2N3O4S. The van der Waals surface area contributed by atoms with E-state index in [0.29, 0.717) is 0 Å². The van der Waals surface area contributed by atoms with Crippen molar-refractivity contribution in [3.8, 4) is 0 Å². The van der Waals surface area contributed by atoms with Crippen LogP contribution in [0.3, 0.4) is 0 Å². The minimum Gasteiger partial charge on any atom is -0.357 e. The second kappa shape index (κ2) is 13.9. The molecule has 0 unspecified atom stereocenters. The maximum absolute atomic E-state index is 14.3. The van der Waals surface area contributed by atoms with E-state index in [2.05, 4.69) is 5.32 Å². The Labute approximate surface area is 256 Å². The van der Waals surface area contributed by atoms with E-state index in [0.717, 1.165) is 21.0 Å². The van der Waals surface area contributed by atoms with Gasteiger partial charge in [0.1, 0.15) is 12.6 Å². The van der Waals surface area contributed by atoms with Crippen LogP contribution in [0.25, 0.3) is 0 Å². The Morgan fingerprint density at radius 2 is 1.48 bits per heavy atom. The molecule has 0 fully saturated rings. The lowest BCUT2D eigenvalue weighted by Crippen LogP contribution is -2.53. The molecule has 42 heavy (non-hydrogen) atoms. The van der Waals surface area contributed by atoms with E-state index in [9.17, 15) is 18.0 Å². The third-order valence-electron chi connectivity index (χ3n) is 6.91. The quantitative estimate of drug-likeness (QED) is 0.226. The zero-order chi connectivity index (χ0) is 30.3. The first-order chi connectivity index (χ1) is 20.1. The molecule has 4 rings (SSSR count). The van der Waals surface area contributed by atoms with Crippen molar-refractivity contribution in [2.24, 2.45) is 0 Å². The number of anilines is 1. The Morgan fingerprint density at radius 3 is 2.12 bits per heavy atom. The zero-order valence-electron chi connectivity index (χ0n) is 23.2. The van der Waals surface area contributed by atoms with Crippen molar-refractivity contribution in [3.05, 3.63) is 130 Å². The Balaban J connectivity index is 1.82. The molecule has 1 N–H and O–H groups in total. The standard InChI is InChI=1S/C32H31Cl2N3O4S/c1-23-11-9-10-14-25(23)21-36(30(32(39)35-2)19-24-12-5-3-6-13-24)31(38)22-37(29-20-26(33)17-18-28(29)34)42(40,41)27-15-7-4-8-16-27/h3-18,20,30H,19,21-22H2,1-2H3,(H,35,39)/t30-/m0/s1. The molecule has 0 aromatic heterocycles. The van der Waals surface area contributed by atoms with Gasteiger partial charge in [0.2, 0.25) is 11.8 Å². The number of aryl methyl sites for hydroxylation is 1. The van der Waals surface area contributed by atoms with Crippen LogP contribution in [0.4, 0.5) is 5.69 Å². The second-order valence-corrected chi connectivity index (χ2v) is 12.4. The molecular weight excluding hydrogens is 593 g/mol. The molecule has 10 heteroatoms. The normalized spacial score (nSPS) is 11.9. The molecule has 7 nitrogen and oxygen atoms in total. The van der Waals surface area contributed by atoms with E-state index in [4.69, 9.17) is 23.2 Å². The molecule has 2 amide bonds. The highest BCUT2D eigenvalue weighted by Crippen LogP contribution is 2.33. The summed E-state index contributed by atoms with van der Waals surface area (Å²) in [6, 6.07) is 28.2. The highest BCUT2D eigenvalue weighted by Gasteiger charge is 2.35. The molecule has 0 aliphatic rings. The van der Waals surface area contributed by atoms with Gasteiger partial charge in [0, 0.05) is 25.0 Å². The number of benzene rings is 4. The van der Waals surface area contributed by atoms with Crippen LogP contribution in [0.5, 0.6) is 0 Å². The van der Waals surface area contributed by atoms with Crippen LogP contribution in [0.1, 0.15) is 16.7 Å². The van der Waals surface area contributed by atoms with E-state index in [1.807, 2.05) is 61.5 Å². The van der Waals surface area contributed by atoms with Crippen LogP contribution in [-0.2, 0) is 32.6 Å². The molecule has 1 atom stereocenters. The Kier molecular flexibility index (Phi) is 10.3. The van der Waals surface area contributed by atoms with Gasteiger partial charge in [-0.1, -0.05) is 96.0 Å². The fourth-order valence-electron chi connectivity index (χ4n) is 4.60. The molecule has 0 aliphatic carbocycles. The summed E-state index contributed by atoms with van der Waals surface area (Å²) in [6.07, 6.45) is 0.224. The first-order valence-electron chi connectivity index (χ1n) is 13.2. The Bertz CT molecular complexity index is 1650. The highest BCUT2D eigenvalue weighted by atomic mass is 35.5. The van der Waals surface area contributed by atoms with Gasteiger partial charge in [0.15, 0.2) is 0 Å². The third kappa shape index (κ3) is 7.31. The van der Waals surface area contributed by atoms with Crippen LogP contribution < -0.4 is 9.62 Å². The fraction of sp³-hybridized carbons (Fsp3) is 0.188. The summed E-state index contributed by atoms with van der Waals surface area (Å²) in [5.74, 6) is -0.961. The summed E-state index contributed by atoms with van der Waals surface area (Å²) in [7, 11) is -2.76. The SMILES string of the molecule is CNC(=O)[C@H](Cc1ccccc1)N(Cc1ccccc1C)C(=O)CN(c1cc(Cl)ccc1Cl)S(=O)(=O)c1ccccc1. The molecule has 0 aliphatic heterocycles. The maximum atomic E-state index is 14.3. The van der Waals surface area contributed by atoms with Crippen molar-refractivity contribution in [1.29, 1.82) is 0 Å². The number of sulfonamides is 1. The van der Waals surface area contributed by atoms with Gasteiger partial charge in [-0.2, -0.15) is 0 Å². The minimum absolute atomic E-state index is 0.0218. The van der Waals surface area contributed by atoms with Crippen LogP contribution >= 0.6 is 23.2 Å². The van der Waals surface area contributed by atoms with E-state index in [1.54, 1.807) is 18.2 Å². The molecule has 4 aromatic rings. The summed E-state index contributed by atoms with van der Waals surface area (Å²) < 4.78 is 28.9. The molecule has 0 saturated carbocycles. The van der Waals surface area contributed by atoms with Crippen LogP contribution in [-0.4, -0.2) is 44.8 Å². The molecule has 0 saturated heterocycles. The Morgan fingerprint density at radius 1 is 0.857 bits per heavy atom. The predicted molar refractivity (Wildman–Crippen MR) is 167 cm³/mol. The third-order valence-corrected chi connectivity index (χ3v) is 9.24. The number of carbonyl (C=O) groups is 2. The Hall–Kier alpha value is -3.85. The van der Waals surface area contributed by atoms with E-state index in [-0.39, 0.29) is 39.5 Å². The molecule has 0 spiro atoms. The van der Waals surface area contributed by atoms with Crippen LogP contribution in [0.15, 0.2) is 108 Å². The van der Waals surface area contributed by atoms with Crippen molar-refractivity contribution < 1.29 is 18.0 Å². The van der Waals surface area contributed by atoms with Gasteiger partial charge in [0.25, 0.3) is 10.0 Å². The van der Waals surface area contributed by atoms with Gasteiger partial charge in [0.05, 0.1) is 15.6 Å².